The van der Waals surface area contributed by atoms with E-state index in [9.17, 15) is 18.7 Å². The smallest absolute Gasteiger partial charge is 0.223 e. The Labute approximate surface area is 247 Å². The highest BCUT2D eigenvalue weighted by Gasteiger charge is 2.24. The summed E-state index contributed by atoms with van der Waals surface area (Å²) in [6.45, 7) is 2.53. The van der Waals surface area contributed by atoms with Gasteiger partial charge in [0.2, 0.25) is 5.91 Å². The lowest BCUT2D eigenvalue weighted by Gasteiger charge is -2.35. The van der Waals surface area contributed by atoms with Gasteiger partial charge >= 0.3 is 0 Å². The maximum absolute atomic E-state index is 14.4. The number of aromatic nitrogens is 4. The van der Waals surface area contributed by atoms with Crippen LogP contribution < -0.4 is 20.1 Å². The number of aliphatic hydroxyl groups is 1. The molecule has 13 heteroatoms. The quantitative estimate of drug-likeness (QED) is 0.194. The molecule has 2 aromatic heterocycles. The zero-order valence-corrected chi connectivity index (χ0v) is 23.9. The number of likely N-dealkylation sites (tertiary alicyclic amines) is 1. The van der Waals surface area contributed by atoms with E-state index < -0.39 is 17.5 Å². The van der Waals surface area contributed by atoms with Gasteiger partial charge in [0.05, 0.1) is 31.3 Å². The molecule has 1 aliphatic rings. The maximum Gasteiger partial charge on any atom is 0.223 e. The van der Waals surface area contributed by atoms with E-state index in [-0.39, 0.29) is 30.4 Å². The summed E-state index contributed by atoms with van der Waals surface area (Å²) in [5.74, 6) is -0.698. The Morgan fingerprint density at radius 1 is 1.14 bits per heavy atom. The number of aromatic amines is 1. The number of carbonyl (C=O) groups is 1. The fraction of sp³-hybridized carbons (Fsp3) is 0.400. The average Bonchev–Trinajstić information content (AvgIpc) is 3.42. The number of methoxy groups -OCH3 is 1. The minimum Gasteiger partial charge on any atom is -0.493 e. The van der Waals surface area contributed by atoms with Crippen LogP contribution in [0.2, 0.25) is 0 Å². The minimum absolute atomic E-state index is 0.1000. The summed E-state index contributed by atoms with van der Waals surface area (Å²) in [6, 6.07) is 8.49. The van der Waals surface area contributed by atoms with E-state index in [1.807, 2.05) is 0 Å². The molecule has 5 rings (SSSR count). The predicted molar refractivity (Wildman–Crippen MR) is 157 cm³/mol. The van der Waals surface area contributed by atoms with Crippen molar-refractivity contribution in [2.24, 2.45) is 5.73 Å². The van der Waals surface area contributed by atoms with Crippen molar-refractivity contribution in [2.75, 3.05) is 38.3 Å². The summed E-state index contributed by atoms with van der Waals surface area (Å²) in [4.78, 5) is 24.2. The number of piperidine rings is 1. The molecule has 0 bridgehead atoms. The summed E-state index contributed by atoms with van der Waals surface area (Å²) in [5.41, 5.74) is 6.38. The lowest BCUT2D eigenvalue weighted by atomic mass is 9.99. The van der Waals surface area contributed by atoms with Crippen molar-refractivity contribution in [3.05, 3.63) is 60.1 Å². The number of halogens is 2. The van der Waals surface area contributed by atoms with Gasteiger partial charge in [0.15, 0.2) is 17.3 Å². The standard InChI is InChI=1S/C30H35F2N7O4/c1-42-26-16-24-25(17-27(26)43-10-4-8-38-7-3-2-5-22(38)6-9-40)34-18-35-30(24)39(23-12-19(31)11-20(32)13-23)29-15-21(36-37-29)14-28(33)41/h11-13,15-18,22,40H,2-10,14H2,1H3,(H2,33,41)(H,36,37). The molecule has 11 nitrogen and oxygen atoms in total. The van der Waals surface area contributed by atoms with Crippen molar-refractivity contribution in [1.29, 1.82) is 0 Å². The highest BCUT2D eigenvalue weighted by Crippen LogP contribution is 2.40. The zero-order chi connectivity index (χ0) is 30.3. The molecular formula is C30H35F2N7O4. The molecule has 3 heterocycles. The SMILES string of the molecule is COc1cc2c(N(c3cc(F)cc(F)c3)c3cc(CC(N)=O)[nH]n3)ncnc2cc1OCCCN1CCCCC1CCO. The average molecular weight is 596 g/mol. The van der Waals surface area contributed by atoms with E-state index in [0.717, 1.165) is 57.0 Å². The summed E-state index contributed by atoms with van der Waals surface area (Å²) < 4.78 is 40.5. The topological polar surface area (TPSA) is 143 Å². The second-order valence-corrected chi connectivity index (χ2v) is 10.5. The normalized spacial score (nSPS) is 15.5. The summed E-state index contributed by atoms with van der Waals surface area (Å²) in [5, 5.41) is 16.9. The zero-order valence-electron chi connectivity index (χ0n) is 23.9. The van der Waals surface area contributed by atoms with Gasteiger partial charge in [-0.2, -0.15) is 5.10 Å². The van der Waals surface area contributed by atoms with E-state index in [4.69, 9.17) is 15.2 Å². The molecule has 0 radical (unpaired) electrons. The van der Waals surface area contributed by atoms with E-state index in [1.165, 1.54) is 24.8 Å². The van der Waals surface area contributed by atoms with Crippen LogP contribution in [0.5, 0.6) is 11.5 Å². The van der Waals surface area contributed by atoms with Gasteiger partial charge in [-0.3, -0.25) is 14.8 Å². The van der Waals surface area contributed by atoms with Crippen molar-refractivity contribution in [1.82, 2.24) is 25.1 Å². The summed E-state index contributed by atoms with van der Waals surface area (Å²) in [7, 11) is 1.52. The third-order valence-electron chi connectivity index (χ3n) is 7.49. The Hall–Kier alpha value is -4.36. The number of amides is 1. The van der Waals surface area contributed by atoms with E-state index >= 15 is 0 Å². The van der Waals surface area contributed by atoms with Crippen LogP contribution in [-0.2, 0) is 11.2 Å². The summed E-state index contributed by atoms with van der Waals surface area (Å²) in [6.07, 6.45) is 6.27. The lowest BCUT2D eigenvalue weighted by Crippen LogP contribution is -2.40. The molecule has 228 valence electrons. The van der Waals surface area contributed by atoms with Crippen molar-refractivity contribution >= 4 is 34.1 Å². The second kappa shape index (κ2) is 13.7. The number of fused-ring (bicyclic) bond motifs is 1. The van der Waals surface area contributed by atoms with Crippen LogP contribution in [0.4, 0.5) is 26.1 Å². The van der Waals surface area contributed by atoms with Gasteiger partial charge in [0.25, 0.3) is 0 Å². The van der Waals surface area contributed by atoms with Crippen LogP contribution in [0, 0.1) is 11.6 Å². The number of H-pyrrole nitrogens is 1. The molecular weight excluding hydrogens is 560 g/mol. The van der Waals surface area contributed by atoms with Gasteiger partial charge in [-0.1, -0.05) is 6.42 Å². The molecule has 2 aromatic carbocycles. The van der Waals surface area contributed by atoms with Gasteiger partial charge < -0.3 is 25.2 Å². The number of primary amides is 1. The number of benzene rings is 2. The number of rotatable bonds is 13. The maximum atomic E-state index is 14.4. The number of carbonyl (C=O) groups excluding carboxylic acids is 1. The molecule has 0 aliphatic carbocycles. The van der Waals surface area contributed by atoms with Gasteiger partial charge in [0, 0.05) is 48.5 Å². The fourth-order valence-electron chi connectivity index (χ4n) is 5.55. The van der Waals surface area contributed by atoms with Crippen LogP contribution in [0.3, 0.4) is 0 Å². The fourth-order valence-corrected chi connectivity index (χ4v) is 5.55. The molecule has 1 amide bonds. The van der Waals surface area contributed by atoms with Gasteiger partial charge in [-0.25, -0.2) is 18.7 Å². The second-order valence-electron chi connectivity index (χ2n) is 10.5. The number of aliphatic hydroxyl groups excluding tert-OH is 1. The molecule has 4 N–H and O–H groups in total. The number of hydrogen-bond donors (Lipinski definition) is 3. The molecule has 43 heavy (non-hydrogen) atoms. The van der Waals surface area contributed by atoms with Crippen LogP contribution in [0.15, 0.2) is 42.7 Å². The number of nitrogens with two attached hydrogens (primary N) is 1. The predicted octanol–water partition coefficient (Wildman–Crippen LogP) is 4.14. The summed E-state index contributed by atoms with van der Waals surface area (Å²) >= 11 is 0. The van der Waals surface area contributed by atoms with Gasteiger partial charge in [-0.15, -0.1) is 0 Å². The highest BCUT2D eigenvalue weighted by molar-refractivity contribution is 5.96. The van der Waals surface area contributed by atoms with Crippen LogP contribution >= 0.6 is 0 Å². The largest absolute Gasteiger partial charge is 0.493 e. The third-order valence-corrected chi connectivity index (χ3v) is 7.49. The Balaban J connectivity index is 1.44. The molecule has 0 spiro atoms. The van der Waals surface area contributed by atoms with Crippen LogP contribution in [0.1, 0.15) is 37.8 Å². The molecule has 1 fully saturated rings. The van der Waals surface area contributed by atoms with Crippen molar-refractivity contribution in [3.8, 4) is 11.5 Å². The Kier molecular flexibility index (Phi) is 9.62. The van der Waals surface area contributed by atoms with Crippen LogP contribution in [-0.4, -0.2) is 75.5 Å². The molecule has 1 saturated heterocycles. The monoisotopic (exact) mass is 595 g/mol. The first kappa shape index (κ1) is 30.1. The first-order chi connectivity index (χ1) is 20.9. The lowest BCUT2D eigenvalue weighted by molar-refractivity contribution is -0.117. The molecule has 4 aromatic rings. The molecule has 1 unspecified atom stereocenters. The highest BCUT2D eigenvalue weighted by atomic mass is 19.1. The van der Waals surface area contributed by atoms with Crippen LogP contribution in [0.25, 0.3) is 10.9 Å². The van der Waals surface area contributed by atoms with Gasteiger partial charge in [-0.05, 0) is 50.4 Å². The number of hydrogen-bond acceptors (Lipinski definition) is 9. The number of nitrogens with zero attached hydrogens (tertiary/aromatic N) is 5. The Morgan fingerprint density at radius 3 is 2.70 bits per heavy atom. The third kappa shape index (κ3) is 7.17. The first-order valence-corrected chi connectivity index (χ1v) is 14.3. The van der Waals surface area contributed by atoms with E-state index in [0.29, 0.717) is 40.7 Å². The van der Waals surface area contributed by atoms with Crippen molar-refractivity contribution in [2.45, 2.75) is 44.6 Å². The van der Waals surface area contributed by atoms with Crippen molar-refractivity contribution < 1.29 is 28.2 Å². The Morgan fingerprint density at radius 2 is 1.95 bits per heavy atom. The van der Waals surface area contributed by atoms with Gasteiger partial charge in [0.1, 0.15) is 23.8 Å². The minimum atomic E-state index is -0.785. The molecule has 1 atom stereocenters. The van der Waals surface area contributed by atoms with Crippen molar-refractivity contribution in [3.63, 3.8) is 0 Å². The first-order valence-electron chi connectivity index (χ1n) is 14.3. The molecule has 0 saturated carbocycles. The number of ether oxygens (including phenoxy) is 2. The Bertz CT molecular complexity index is 1540. The number of nitrogens with one attached hydrogen (secondary N) is 1. The van der Waals surface area contributed by atoms with E-state index in [2.05, 4.69) is 25.1 Å². The molecule has 1 aliphatic heterocycles. The number of anilines is 3. The van der Waals surface area contributed by atoms with E-state index in [1.54, 1.807) is 18.2 Å².